The zero-order chi connectivity index (χ0) is 8.69. The van der Waals surface area contributed by atoms with Crippen molar-refractivity contribution in [2.75, 3.05) is 0 Å². The highest BCUT2D eigenvalue weighted by atomic mass is 14.2. The monoisotopic (exact) mass is 154 g/mol. The van der Waals surface area contributed by atoms with Gasteiger partial charge in [0.15, 0.2) is 0 Å². The van der Waals surface area contributed by atoms with Crippen LogP contribution in [-0.2, 0) is 0 Å². The maximum Gasteiger partial charge on any atom is -0.0322 e. The molecule has 0 nitrogen and oxygen atoms in total. The Bertz CT molecular complexity index is 98.6. The van der Waals surface area contributed by atoms with Gasteiger partial charge in [0.05, 0.1) is 0 Å². The van der Waals surface area contributed by atoms with Crippen LogP contribution >= 0.6 is 0 Å². The molecule has 0 bridgehead atoms. The van der Waals surface area contributed by atoms with E-state index in [1.54, 1.807) is 0 Å². The summed E-state index contributed by atoms with van der Waals surface area (Å²) in [6.45, 7) is 9.04. The minimum Gasteiger partial charge on any atom is -0.0917 e. The van der Waals surface area contributed by atoms with Crippen molar-refractivity contribution in [1.82, 2.24) is 0 Å². The van der Waals surface area contributed by atoms with E-state index >= 15 is 0 Å². The van der Waals surface area contributed by atoms with Crippen molar-refractivity contribution in [1.29, 1.82) is 0 Å². The topological polar surface area (TPSA) is 0 Å². The Balaban J connectivity index is 3.68. The Morgan fingerprint density at radius 1 is 1.18 bits per heavy atom. The summed E-state index contributed by atoms with van der Waals surface area (Å²) in [5.41, 5.74) is 0. The van der Waals surface area contributed by atoms with Crippen LogP contribution in [-0.4, -0.2) is 0 Å². The first-order valence-corrected chi connectivity index (χ1v) is 4.87. The van der Waals surface area contributed by atoms with Crippen LogP contribution in [0.3, 0.4) is 0 Å². The van der Waals surface area contributed by atoms with E-state index in [9.17, 15) is 0 Å². The third-order valence-electron chi connectivity index (χ3n) is 2.60. The van der Waals surface area contributed by atoms with Crippen molar-refractivity contribution in [2.45, 2.75) is 47.0 Å². The SMILES string of the molecule is C/C=C\CC(C)C(CC)CC. The Labute approximate surface area is 71.7 Å². The van der Waals surface area contributed by atoms with Crippen LogP contribution < -0.4 is 0 Å². The molecule has 0 spiro atoms. The van der Waals surface area contributed by atoms with Crippen LogP contribution in [0.4, 0.5) is 0 Å². The van der Waals surface area contributed by atoms with Crippen molar-refractivity contribution in [3.05, 3.63) is 12.2 Å². The molecule has 1 unspecified atom stereocenters. The van der Waals surface area contributed by atoms with Gasteiger partial charge in [-0.05, 0) is 25.2 Å². The molecule has 0 fully saturated rings. The molecular formula is C11H22. The standard InChI is InChI=1S/C11H22/c1-5-8-9-10(4)11(6-2)7-3/h5,8,10-11H,6-7,9H2,1-4H3/b8-5-. The summed E-state index contributed by atoms with van der Waals surface area (Å²) in [7, 11) is 0. The molecule has 0 saturated heterocycles. The minimum absolute atomic E-state index is 0.862. The smallest absolute Gasteiger partial charge is 0.0322 e. The zero-order valence-corrected chi connectivity index (χ0v) is 8.43. The summed E-state index contributed by atoms with van der Waals surface area (Å²) >= 11 is 0. The van der Waals surface area contributed by atoms with Crippen molar-refractivity contribution < 1.29 is 0 Å². The molecule has 0 heterocycles. The van der Waals surface area contributed by atoms with Crippen molar-refractivity contribution in [3.63, 3.8) is 0 Å². The Morgan fingerprint density at radius 3 is 2.09 bits per heavy atom. The second kappa shape index (κ2) is 6.45. The third-order valence-corrected chi connectivity index (χ3v) is 2.60. The van der Waals surface area contributed by atoms with Crippen LogP contribution in [0.15, 0.2) is 12.2 Å². The highest BCUT2D eigenvalue weighted by Gasteiger charge is 2.10. The van der Waals surface area contributed by atoms with E-state index in [2.05, 4.69) is 39.8 Å². The van der Waals surface area contributed by atoms with Gasteiger partial charge >= 0.3 is 0 Å². The number of rotatable bonds is 5. The van der Waals surface area contributed by atoms with Gasteiger partial charge in [-0.1, -0.05) is 45.8 Å². The molecular weight excluding hydrogens is 132 g/mol. The first kappa shape index (κ1) is 10.7. The Morgan fingerprint density at radius 2 is 1.73 bits per heavy atom. The van der Waals surface area contributed by atoms with Crippen LogP contribution in [0.2, 0.25) is 0 Å². The van der Waals surface area contributed by atoms with Gasteiger partial charge in [-0.25, -0.2) is 0 Å². The normalized spacial score (nSPS) is 14.6. The number of hydrogen-bond donors (Lipinski definition) is 0. The maximum absolute atomic E-state index is 2.36. The largest absolute Gasteiger partial charge is 0.0917 e. The van der Waals surface area contributed by atoms with E-state index in [1.165, 1.54) is 19.3 Å². The number of allylic oxidation sites excluding steroid dienone is 2. The van der Waals surface area contributed by atoms with Gasteiger partial charge in [-0.15, -0.1) is 0 Å². The maximum atomic E-state index is 2.36. The molecule has 66 valence electrons. The van der Waals surface area contributed by atoms with Crippen molar-refractivity contribution in [2.24, 2.45) is 11.8 Å². The van der Waals surface area contributed by atoms with Gasteiger partial charge in [-0.2, -0.15) is 0 Å². The first-order chi connectivity index (χ1) is 5.26. The van der Waals surface area contributed by atoms with Gasteiger partial charge < -0.3 is 0 Å². The predicted molar refractivity (Wildman–Crippen MR) is 52.7 cm³/mol. The summed E-state index contributed by atoms with van der Waals surface area (Å²) < 4.78 is 0. The van der Waals surface area contributed by atoms with E-state index in [4.69, 9.17) is 0 Å². The fourth-order valence-corrected chi connectivity index (χ4v) is 1.64. The van der Waals surface area contributed by atoms with Crippen molar-refractivity contribution in [3.8, 4) is 0 Å². The quantitative estimate of drug-likeness (QED) is 0.524. The summed E-state index contributed by atoms with van der Waals surface area (Å²) in [5.74, 6) is 1.78. The molecule has 11 heavy (non-hydrogen) atoms. The predicted octanol–water partition coefficient (Wildman–Crippen LogP) is 4.02. The molecule has 0 N–H and O–H groups in total. The molecule has 0 amide bonds. The first-order valence-electron chi connectivity index (χ1n) is 4.87. The lowest BCUT2D eigenvalue weighted by atomic mass is 9.87. The average Bonchev–Trinajstić information content (AvgIpc) is 2.03. The minimum atomic E-state index is 0.862. The molecule has 0 aromatic rings. The molecule has 0 radical (unpaired) electrons. The highest BCUT2D eigenvalue weighted by Crippen LogP contribution is 2.22. The summed E-state index contributed by atoms with van der Waals surface area (Å²) in [5, 5.41) is 0. The van der Waals surface area contributed by atoms with E-state index in [0.29, 0.717) is 0 Å². The van der Waals surface area contributed by atoms with E-state index in [0.717, 1.165) is 11.8 Å². The van der Waals surface area contributed by atoms with Gasteiger partial charge in [0.1, 0.15) is 0 Å². The fourth-order valence-electron chi connectivity index (χ4n) is 1.64. The fraction of sp³-hybridized carbons (Fsp3) is 0.818. The molecule has 1 atom stereocenters. The lowest BCUT2D eigenvalue weighted by molar-refractivity contribution is 0.339. The average molecular weight is 154 g/mol. The van der Waals surface area contributed by atoms with Gasteiger partial charge in [0.25, 0.3) is 0 Å². The van der Waals surface area contributed by atoms with Crippen LogP contribution in [0.5, 0.6) is 0 Å². The van der Waals surface area contributed by atoms with Crippen molar-refractivity contribution >= 4 is 0 Å². The summed E-state index contributed by atoms with van der Waals surface area (Å²) in [6.07, 6.45) is 8.34. The van der Waals surface area contributed by atoms with Gasteiger partial charge in [0.2, 0.25) is 0 Å². The molecule has 0 saturated carbocycles. The van der Waals surface area contributed by atoms with E-state index < -0.39 is 0 Å². The van der Waals surface area contributed by atoms with E-state index in [-0.39, 0.29) is 0 Å². The lowest BCUT2D eigenvalue weighted by Crippen LogP contribution is -2.08. The molecule has 0 aliphatic carbocycles. The molecule has 0 aliphatic rings. The molecule has 0 rings (SSSR count). The zero-order valence-electron chi connectivity index (χ0n) is 8.43. The van der Waals surface area contributed by atoms with Gasteiger partial charge in [-0.3, -0.25) is 0 Å². The summed E-state index contributed by atoms with van der Waals surface area (Å²) in [6, 6.07) is 0. The number of hydrogen-bond acceptors (Lipinski definition) is 0. The van der Waals surface area contributed by atoms with Gasteiger partial charge in [0, 0.05) is 0 Å². The third kappa shape index (κ3) is 4.23. The molecule has 0 aromatic heterocycles. The second-order valence-electron chi connectivity index (χ2n) is 3.36. The van der Waals surface area contributed by atoms with Crippen LogP contribution in [0.1, 0.15) is 47.0 Å². The van der Waals surface area contributed by atoms with Crippen LogP contribution in [0.25, 0.3) is 0 Å². The summed E-state index contributed by atoms with van der Waals surface area (Å²) in [4.78, 5) is 0. The molecule has 0 heteroatoms. The highest BCUT2D eigenvalue weighted by molar-refractivity contribution is 4.80. The molecule has 0 aliphatic heterocycles. The second-order valence-corrected chi connectivity index (χ2v) is 3.36. The van der Waals surface area contributed by atoms with E-state index in [1.807, 2.05) is 0 Å². The lowest BCUT2D eigenvalue weighted by Gasteiger charge is -2.19. The van der Waals surface area contributed by atoms with Crippen LogP contribution in [0, 0.1) is 11.8 Å². The molecule has 0 aromatic carbocycles. The Hall–Kier alpha value is -0.260. The Kier molecular flexibility index (Phi) is 6.30.